The average molecular weight is 267 g/mol. The van der Waals surface area contributed by atoms with Gasteiger partial charge in [0.1, 0.15) is 0 Å². The van der Waals surface area contributed by atoms with Crippen molar-refractivity contribution in [3.05, 3.63) is 47.2 Å². The van der Waals surface area contributed by atoms with Gasteiger partial charge in [0.15, 0.2) is 11.6 Å². The Morgan fingerprint density at radius 1 is 1.21 bits per heavy atom. The summed E-state index contributed by atoms with van der Waals surface area (Å²) in [6.07, 6.45) is 1.10. The molecule has 1 aromatic carbocycles. The van der Waals surface area contributed by atoms with Gasteiger partial charge in [-0.3, -0.25) is 0 Å². The van der Waals surface area contributed by atoms with Gasteiger partial charge in [-0.25, -0.2) is 8.78 Å². The van der Waals surface area contributed by atoms with E-state index in [1.807, 2.05) is 0 Å². The van der Waals surface area contributed by atoms with Crippen LogP contribution in [0.2, 0.25) is 0 Å². The summed E-state index contributed by atoms with van der Waals surface area (Å²) in [4.78, 5) is 0. The van der Waals surface area contributed by atoms with E-state index in [0.29, 0.717) is 12.4 Å². The molecule has 1 N–H and O–H groups in total. The molecule has 2 aromatic rings. The Morgan fingerprint density at radius 2 is 2.00 bits per heavy atom. The SMILES string of the molecule is CCCNCc1nnc(Cc2cccc(F)c2F)o1. The molecule has 102 valence electrons. The van der Waals surface area contributed by atoms with Gasteiger partial charge in [0.2, 0.25) is 11.8 Å². The fraction of sp³-hybridized carbons (Fsp3) is 0.385. The first-order valence-electron chi connectivity index (χ1n) is 6.15. The molecular weight excluding hydrogens is 252 g/mol. The molecule has 0 saturated carbocycles. The number of rotatable bonds is 6. The smallest absolute Gasteiger partial charge is 0.230 e. The van der Waals surface area contributed by atoms with E-state index in [0.717, 1.165) is 19.0 Å². The summed E-state index contributed by atoms with van der Waals surface area (Å²) in [6.45, 7) is 3.39. The zero-order valence-electron chi connectivity index (χ0n) is 10.6. The molecule has 0 aliphatic heterocycles. The minimum absolute atomic E-state index is 0.0877. The highest BCUT2D eigenvalue weighted by Crippen LogP contribution is 2.15. The first-order chi connectivity index (χ1) is 9.20. The minimum atomic E-state index is -0.873. The normalized spacial score (nSPS) is 10.9. The van der Waals surface area contributed by atoms with Crippen LogP contribution < -0.4 is 5.32 Å². The van der Waals surface area contributed by atoms with Crippen LogP contribution in [0.4, 0.5) is 8.78 Å². The first-order valence-corrected chi connectivity index (χ1v) is 6.15. The number of hydrogen-bond acceptors (Lipinski definition) is 4. The lowest BCUT2D eigenvalue weighted by molar-refractivity contribution is 0.434. The quantitative estimate of drug-likeness (QED) is 0.817. The third-order valence-electron chi connectivity index (χ3n) is 2.58. The van der Waals surface area contributed by atoms with Crippen LogP contribution in [0.3, 0.4) is 0 Å². The Kier molecular flexibility index (Phi) is 4.57. The number of halogens is 2. The first kappa shape index (κ1) is 13.6. The molecule has 4 nitrogen and oxygen atoms in total. The number of benzene rings is 1. The molecule has 2 rings (SSSR count). The molecule has 0 aliphatic rings. The van der Waals surface area contributed by atoms with E-state index in [9.17, 15) is 8.78 Å². The molecule has 0 spiro atoms. The molecule has 0 atom stereocenters. The summed E-state index contributed by atoms with van der Waals surface area (Å²) < 4.78 is 31.9. The van der Waals surface area contributed by atoms with Gasteiger partial charge in [-0.2, -0.15) is 0 Å². The van der Waals surface area contributed by atoms with Crippen LogP contribution in [-0.2, 0) is 13.0 Å². The van der Waals surface area contributed by atoms with E-state index in [-0.39, 0.29) is 17.9 Å². The van der Waals surface area contributed by atoms with Crippen LogP contribution in [-0.4, -0.2) is 16.7 Å². The molecule has 0 aliphatic carbocycles. The van der Waals surface area contributed by atoms with Crippen LogP contribution >= 0.6 is 0 Å². The number of hydrogen-bond donors (Lipinski definition) is 1. The van der Waals surface area contributed by atoms with Crippen LogP contribution in [0.5, 0.6) is 0 Å². The molecule has 1 heterocycles. The zero-order valence-corrected chi connectivity index (χ0v) is 10.6. The standard InChI is InChI=1S/C13H15F2N3O/c1-2-6-16-8-12-18-17-11(19-12)7-9-4-3-5-10(14)13(9)15/h3-5,16H,2,6-8H2,1H3. The van der Waals surface area contributed by atoms with Crippen LogP contribution in [0.25, 0.3) is 0 Å². The monoisotopic (exact) mass is 267 g/mol. The lowest BCUT2D eigenvalue weighted by atomic mass is 10.1. The van der Waals surface area contributed by atoms with Gasteiger partial charge in [-0.05, 0) is 19.0 Å². The van der Waals surface area contributed by atoms with Gasteiger partial charge in [0.05, 0.1) is 13.0 Å². The van der Waals surface area contributed by atoms with Crippen molar-refractivity contribution in [3.8, 4) is 0 Å². The van der Waals surface area contributed by atoms with Gasteiger partial charge < -0.3 is 9.73 Å². The summed E-state index contributed by atoms with van der Waals surface area (Å²) in [7, 11) is 0. The van der Waals surface area contributed by atoms with Crippen molar-refractivity contribution in [2.24, 2.45) is 0 Å². The maximum Gasteiger partial charge on any atom is 0.230 e. The van der Waals surface area contributed by atoms with E-state index in [4.69, 9.17) is 4.42 Å². The Labute approximate surface area is 109 Å². The second kappa shape index (κ2) is 6.38. The van der Waals surface area contributed by atoms with Gasteiger partial charge in [-0.15, -0.1) is 10.2 Å². The number of nitrogens with zero attached hydrogens (tertiary/aromatic N) is 2. The molecule has 0 fully saturated rings. The van der Waals surface area contributed by atoms with Gasteiger partial charge in [-0.1, -0.05) is 19.1 Å². The minimum Gasteiger partial charge on any atom is -0.424 e. The van der Waals surface area contributed by atoms with E-state index in [1.54, 1.807) is 0 Å². The number of aromatic nitrogens is 2. The van der Waals surface area contributed by atoms with Gasteiger partial charge >= 0.3 is 0 Å². The van der Waals surface area contributed by atoms with Crippen molar-refractivity contribution in [1.29, 1.82) is 0 Å². The van der Waals surface area contributed by atoms with Crippen LogP contribution in [0.1, 0.15) is 30.7 Å². The molecular formula is C13H15F2N3O. The average Bonchev–Trinajstić information content (AvgIpc) is 2.83. The zero-order chi connectivity index (χ0) is 13.7. The lowest BCUT2D eigenvalue weighted by Crippen LogP contribution is -2.13. The summed E-state index contributed by atoms with van der Waals surface area (Å²) >= 11 is 0. The molecule has 6 heteroatoms. The van der Waals surface area contributed by atoms with E-state index in [1.165, 1.54) is 12.1 Å². The second-order valence-corrected chi connectivity index (χ2v) is 4.16. The Balaban J connectivity index is 2.01. The van der Waals surface area contributed by atoms with Crippen molar-refractivity contribution in [1.82, 2.24) is 15.5 Å². The molecule has 1 aromatic heterocycles. The Hall–Kier alpha value is -1.82. The summed E-state index contributed by atoms with van der Waals surface area (Å²) in [6, 6.07) is 4.03. The van der Waals surface area contributed by atoms with E-state index >= 15 is 0 Å². The highest BCUT2D eigenvalue weighted by Gasteiger charge is 2.12. The fourth-order valence-corrected chi connectivity index (χ4v) is 1.65. The predicted octanol–water partition coefficient (Wildman–Crippen LogP) is 2.44. The highest BCUT2D eigenvalue weighted by atomic mass is 19.2. The van der Waals surface area contributed by atoms with Crippen LogP contribution in [0.15, 0.2) is 22.6 Å². The predicted molar refractivity (Wildman–Crippen MR) is 65.5 cm³/mol. The lowest BCUT2D eigenvalue weighted by Gasteiger charge is -2.00. The molecule has 0 amide bonds. The molecule has 0 bridgehead atoms. The maximum absolute atomic E-state index is 13.5. The second-order valence-electron chi connectivity index (χ2n) is 4.16. The fourth-order valence-electron chi connectivity index (χ4n) is 1.65. The summed E-state index contributed by atoms with van der Waals surface area (Å²) in [5.74, 6) is -1.02. The van der Waals surface area contributed by atoms with Crippen LogP contribution in [0, 0.1) is 11.6 Å². The summed E-state index contributed by atoms with van der Waals surface area (Å²) in [5, 5.41) is 10.8. The molecule has 0 radical (unpaired) electrons. The molecule has 0 saturated heterocycles. The Bertz CT molecular complexity index is 542. The highest BCUT2D eigenvalue weighted by molar-refractivity contribution is 5.21. The van der Waals surface area contributed by atoms with Crippen molar-refractivity contribution in [3.63, 3.8) is 0 Å². The van der Waals surface area contributed by atoms with Crippen molar-refractivity contribution in [2.75, 3.05) is 6.54 Å². The third kappa shape index (κ3) is 3.57. The largest absolute Gasteiger partial charge is 0.424 e. The van der Waals surface area contributed by atoms with Crippen molar-refractivity contribution >= 4 is 0 Å². The molecule has 0 unspecified atom stereocenters. The maximum atomic E-state index is 13.5. The van der Waals surface area contributed by atoms with Crippen molar-refractivity contribution < 1.29 is 13.2 Å². The van der Waals surface area contributed by atoms with E-state index in [2.05, 4.69) is 22.4 Å². The molecule has 19 heavy (non-hydrogen) atoms. The summed E-state index contributed by atoms with van der Waals surface area (Å²) in [5.41, 5.74) is 0.205. The topological polar surface area (TPSA) is 51.0 Å². The van der Waals surface area contributed by atoms with Crippen molar-refractivity contribution in [2.45, 2.75) is 26.3 Å². The number of nitrogens with one attached hydrogen (secondary N) is 1. The van der Waals surface area contributed by atoms with Gasteiger partial charge in [0.25, 0.3) is 0 Å². The van der Waals surface area contributed by atoms with Gasteiger partial charge in [0, 0.05) is 5.56 Å². The Morgan fingerprint density at radius 3 is 2.79 bits per heavy atom. The third-order valence-corrected chi connectivity index (χ3v) is 2.58. The van der Waals surface area contributed by atoms with E-state index < -0.39 is 11.6 Å².